The minimum atomic E-state index is -4.77. The normalized spacial score (nSPS) is 23.9. The molecule has 2 N–H and O–H groups in total. The van der Waals surface area contributed by atoms with Crippen molar-refractivity contribution in [1.29, 1.82) is 0 Å². The number of rotatable bonds is 5. The fraction of sp³-hybridized carbons (Fsp3) is 0.385. The number of phosphoric ester groups is 1. The standard InChI is InChI=1S/C26H27Cl2O5P/c27-19-9-11-20(12-10-19)32-26(18-8-13-23(28)24(15-18)33-34(29,30)31)25-17-5-3-7-22(25)21-6-2-1-4-16(21)14-17/h8-13,15,17,22H,1-7,14H2,(H2,29,30,31). The number of fused-ring (bicyclic) bond motifs is 3. The highest BCUT2D eigenvalue weighted by Crippen LogP contribution is 2.53. The highest BCUT2D eigenvalue weighted by atomic mass is 35.5. The van der Waals surface area contributed by atoms with E-state index in [1.807, 2.05) is 18.2 Å². The van der Waals surface area contributed by atoms with Gasteiger partial charge in [0.05, 0.1) is 5.02 Å². The second kappa shape index (κ2) is 9.72. The Kier molecular flexibility index (Phi) is 6.85. The molecule has 8 heteroatoms. The molecule has 2 aromatic rings. The van der Waals surface area contributed by atoms with Crippen LogP contribution in [0.3, 0.4) is 0 Å². The molecule has 2 atom stereocenters. The molecule has 180 valence electrons. The van der Waals surface area contributed by atoms with Gasteiger partial charge in [0.2, 0.25) is 0 Å². The number of benzene rings is 2. The third-order valence-electron chi connectivity index (χ3n) is 7.11. The van der Waals surface area contributed by atoms with Crippen molar-refractivity contribution < 1.29 is 23.6 Å². The van der Waals surface area contributed by atoms with Gasteiger partial charge in [-0.3, -0.25) is 9.79 Å². The van der Waals surface area contributed by atoms with Crippen molar-refractivity contribution in [3.8, 4) is 11.5 Å². The highest BCUT2D eigenvalue weighted by molar-refractivity contribution is 7.46. The Bertz CT molecular complexity index is 1200. The van der Waals surface area contributed by atoms with Crippen LogP contribution in [-0.2, 0) is 4.57 Å². The molecule has 0 aromatic heterocycles. The van der Waals surface area contributed by atoms with Crippen LogP contribution in [0.15, 0.2) is 59.2 Å². The zero-order valence-corrected chi connectivity index (χ0v) is 21.1. The molecule has 0 saturated heterocycles. The van der Waals surface area contributed by atoms with Crippen molar-refractivity contribution in [2.75, 3.05) is 0 Å². The minimum Gasteiger partial charge on any atom is -0.457 e. The van der Waals surface area contributed by atoms with E-state index in [1.54, 1.807) is 35.4 Å². The van der Waals surface area contributed by atoms with Crippen molar-refractivity contribution in [3.05, 3.63) is 74.8 Å². The van der Waals surface area contributed by atoms with E-state index in [9.17, 15) is 14.4 Å². The zero-order chi connectivity index (χ0) is 23.9. The molecule has 3 aliphatic rings. The number of phosphoric acid groups is 1. The van der Waals surface area contributed by atoms with Crippen LogP contribution < -0.4 is 9.26 Å². The molecule has 2 unspecified atom stereocenters. The lowest BCUT2D eigenvalue weighted by Crippen LogP contribution is -2.30. The van der Waals surface area contributed by atoms with Crippen molar-refractivity contribution in [2.24, 2.45) is 11.8 Å². The SMILES string of the molecule is O=P(O)(O)Oc1cc(C(Oc2ccc(Cl)cc2)=C2C3CCCC2C2=C(CCCC2)C3)ccc1Cl. The Morgan fingerprint density at radius 3 is 2.50 bits per heavy atom. The molecular formula is C26H27Cl2O5P. The quantitative estimate of drug-likeness (QED) is 0.237. The first-order valence-corrected chi connectivity index (χ1v) is 14.0. The third kappa shape index (κ3) is 5.10. The van der Waals surface area contributed by atoms with Gasteiger partial charge in [0.15, 0.2) is 5.75 Å². The van der Waals surface area contributed by atoms with Crippen LogP contribution in [0.4, 0.5) is 0 Å². The Hall–Kier alpha value is -1.75. The van der Waals surface area contributed by atoms with E-state index in [0.717, 1.165) is 31.4 Å². The van der Waals surface area contributed by atoms with E-state index < -0.39 is 7.82 Å². The van der Waals surface area contributed by atoms with Crippen LogP contribution in [0.25, 0.3) is 5.76 Å². The molecule has 1 fully saturated rings. The summed E-state index contributed by atoms with van der Waals surface area (Å²) >= 11 is 12.3. The predicted octanol–water partition coefficient (Wildman–Crippen LogP) is 7.95. The number of hydrogen-bond donors (Lipinski definition) is 2. The Labute approximate surface area is 209 Å². The summed E-state index contributed by atoms with van der Waals surface area (Å²) in [4.78, 5) is 18.7. The largest absolute Gasteiger partial charge is 0.524 e. The topological polar surface area (TPSA) is 76.0 Å². The van der Waals surface area contributed by atoms with Crippen LogP contribution in [-0.4, -0.2) is 9.79 Å². The number of hydrogen-bond acceptors (Lipinski definition) is 3. The lowest BCUT2D eigenvalue weighted by Gasteiger charge is -2.43. The van der Waals surface area contributed by atoms with E-state index >= 15 is 0 Å². The first-order valence-electron chi connectivity index (χ1n) is 11.7. The number of halogens is 2. The molecule has 1 saturated carbocycles. The maximum atomic E-state index is 11.5. The molecule has 5 rings (SSSR count). The van der Waals surface area contributed by atoms with Crippen molar-refractivity contribution in [1.82, 2.24) is 0 Å². The Morgan fingerprint density at radius 1 is 0.971 bits per heavy atom. The molecule has 5 nitrogen and oxygen atoms in total. The summed E-state index contributed by atoms with van der Waals surface area (Å²) in [5.74, 6) is 2.04. The second-order valence-electron chi connectivity index (χ2n) is 9.29. The van der Waals surface area contributed by atoms with E-state index in [1.165, 1.54) is 31.3 Å². The number of allylic oxidation sites excluding steroid dienone is 3. The predicted molar refractivity (Wildman–Crippen MR) is 134 cm³/mol. The van der Waals surface area contributed by atoms with Gasteiger partial charge in [0.25, 0.3) is 0 Å². The van der Waals surface area contributed by atoms with Gasteiger partial charge >= 0.3 is 7.82 Å². The summed E-state index contributed by atoms with van der Waals surface area (Å²) in [5.41, 5.74) is 5.19. The van der Waals surface area contributed by atoms with Gasteiger partial charge in [-0.1, -0.05) is 40.8 Å². The minimum absolute atomic E-state index is 0.0659. The van der Waals surface area contributed by atoms with Gasteiger partial charge in [-0.15, -0.1) is 0 Å². The zero-order valence-electron chi connectivity index (χ0n) is 18.7. The maximum Gasteiger partial charge on any atom is 0.524 e. The first kappa shape index (κ1) is 24.0. The van der Waals surface area contributed by atoms with Gasteiger partial charge in [-0.25, -0.2) is 4.57 Å². The summed E-state index contributed by atoms with van der Waals surface area (Å²) in [6.07, 6.45) is 9.29. The van der Waals surface area contributed by atoms with E-state index in [2.05, 4.69) is 0 Å². The van der Waals surface area contributed by atoms with Crippen molar-refractivity contribution in [3.63, 3.8) is 0 Å². The van der Waals surface area contributed by atoms with Crippen molar-refractivity contribution in [2.45, 2.75) is 51.4 Å². The summed E-state index contributed by atoms with van der Waals surface area (Å²) in [6, 6.07) is 12.2. The molecule has 2 aromatic carbocycles. The van der Waals surface area contributed by atoms with Crippen LogP contribution >= 0.6 is 31.0 Å². The molecule has 3 aliphatic carbocycles. The van der Waals surface area contributed by atoms with E-state index in [0.29, 0.717) is 28.2 Å². The molecule has 34 heavy (non-hydrogen) atoms. The monoisotopic (exact) mass is 520 g/mol. The van der Waals surface area contributed by atoms with Crippen LogP contribution in [0.5, 0.6) is 11.5 Å². The van der Waals surface area contributed by atoms with Crippen LogP contribution in [0.1, 0.15) is 56.9 Å². The third-order valence-corrected chi connectivity index (χ3v) is 8.11. The maximum absolute atomic E-state index is 11.5. The van der Waals surface area contributed by atoms with Gasteiger partial charge in [-0.2, -0.15) is 0 Å². The summed E-state index contributed by atoms with van der Waals surface area (Å²) in [6.45, 7) is 0. The molecule has 0 spiro atoms. The lowest BCUT2D eigenvalue weighted by molar-refractivity contribution is 0.283. The molecule has 0 heterocycles. The molecule has 0 radical (unpaired) electrons. The summed E-state index contributed by atoms with van der Waals surface area (Å²) in [5, 5.41) is 0.751. The average molecular weight is 521 g/mol. The summed E-state index contributed by atoms with van der Waals surface area (Å²) < 4.78 is 23.0. The lowest BCUT2D eigenvalue weighted by atomic mass is 9.62. The number of ether oxygens (including phenoxy) is 1. The Balaban J connectivity index is 1.66. The summed E-state index contributed by atoms with van der Waals surface area (Å²) in [7, 11) is -4.77. The van der Waals surface area contributed by atoms with E-state index in [4.69, 9.17) is 32.5 Å². The highest BCUT2D eigenvalue weighted by Gasteiger charge is 2.39. The van der Waals surface area contributed by atoms with Crippen molar-refractivity contribution >= 4 is 36.8 Å². The smallest absolute Gasteiger partial charge is 0.457 e. The molecular weight excluding hydrogens is 494 g/mol. The van der Waals surface area contributed by atoms with E-state index in [-0.39, 0.29) is 10.8 Å². The van der Waals surface area contributed by atoms with Gasteiger partial charge in [-0.05, 0) is 98.9 Å². The first-order chi connectivity index (χ1) is 16.3. The molecule has 0 amide bonds. The fourth-order valence-corrected chi connectivity index (χ4v) is 6.51. The van der Waals surface area contributed by atoms with Crippen LogP contribution in [0, 0.1) is 11.8 Å². The molecule has 0 aliphatic heterocycles. The average Bonchev–Trinajstić information content (AvgIpc) is 2.79. The van der Waals surface area contributed by atoms with Gasteiger partial charge in [0, 0.05) is 16.5 Å². The van der Waals surface area contributed by atoms with Gasteiger partial charge < -0.3 is 9.26 Å². The fourth-order valence-electron chi connectivity index (χ4n) is 5.77. The van der Waals surface area contributed by atoms with Crippen LogP contribution in [0.2, 0.25) is 10.0 Å². The second-order valence-corrected chi connectivity index (χ2v) is 11.3. The molecule has 2 bridgehead atoms. The van der Waals surface area contributed by atoms with Gasteiger partial charge in [0.1, 0.15) is 11.5 Å². The Morgan fingerprint density at radius 2 is 1.74 bits per heavy atom.